The number of carbonyl (C=O) groups excluding carboxylic acids is 2. The molecule has 1 N–H and O–H groups in total. The molecule has 5 nitrogen and oxygen atoms in total. The number of likely N-dealkylation sites (tertiary alicyclic amines) is 1. The predicted octanol–water partition coefficient (Wildman–Crippen LogP) is 2.87. The van der Waals surface area contributed by atoms with Gasteiger partial charge in [0.25, 0.3) is 5.91 Å². The molecular weight excluding hydrogens is 316 g/mol. The maximum Gasteiger partial charge on any atom is 0.255 e. The normalized spacial score (nSPS) is 15.2. The Morgan fingerprint density at radius 2 is 2.17 bits per heavy atom. The smallest absolute Gasteiger partial charge is 0.255 e. The highest BCUT2D eigenvalue weighted by atomic mass is 35.5. The Hall–Kier alpha value is -1.75. The molecule has 0 atom stereocenters. The zero-order valence-electron chi connectivity index (χ0n) is 13.4. The van der Waals surface area contributed by atoms with Crippen LogP contribution in [0.3, 0.4) is 0 Å². The zero-order chi connectivity index (χ0) is 16.7. The van der Waals surface area contributed by atoms with E-state index in [1.165, 1.54) is 7.11 Å². The van der Waals surface area contributed by atoms with Crippen LogP contribution in [0.2, 0.25) is 5.02 Å². The second kappa shape index (κ2) is 8.77. The van der Waals surface area contributed by atoms with E-state index in [9.17, 15) is 9.59 Å². The van der Waals surface area contributed by atoms with Crippen molar-refractivity contribution in [3.63, 3.8) is 0 Å². The van der Waals surface area contributed by atoms with Crippen LogP contribution in [0.1, 0.15) is 42.5 Å². The molecule has 2 amide bonds. The van der Waals surface area contributed by atoms with Gasteiger partial charge in [-0.15, -0.1) is 0 Å². The van der Waals surface area contributed by atoms with Crippen molar-refractivity contribution in [2.45, 2.75) is 32.1 Å². The van der Waals surface area contributed by atoms with Crippen molar-refractivity contribution in [2.24, 2.45) is 0 Å². The highest BCUT2D eigenvalue weighted by molar-refractivity contribution is 6.31. The molecular formula is C17H23ClN2O3. The molecule has 0 aliphatic carbocycles. The molecule has 2 rings (SSSR count). The number of nitrogens with zero attached hydrogens (tertiary/aromatic N) is 1. The van der Waals surface area contributed by atoms with Gasteiger partial charge in [0.15, 0.2) is 0 Å². The fraction of sp³-hybridized carbons (Fsp3) is 0.529. The van der Waals surface area contributed by atoms with E-state index in [0.717, 1.165) is 32.2 Å². The summed E-state index contributed by atoms with van der Waals surface area (Å²) in [6.45, 7) is 2.03. The summed E-state index contributed by atoms with van der Waals surface area (Å²) in [7, 11) is 1.52. The number of amides is 2. The van der Waals surface area contributed by atoms with Crippen LogP contribution in [0.4, 0.5) is 0 Å². The minimum absolute atomic E-state index is 0.216. The lowest BCUT2D eigenvalue weighted by molar-refractivity contribution is -0.130. The first-order chi connectivity index (χ1) is 11.1. The number of benzene rings is 1. The van der Waals surface area contributed by atoms with Crippen molar-refractivity contribution in [1.82, 2.24) is 10.2 Å². The predicted molar refractivity (Wildman–Crippen MR) is 90.0 cm³/mol. The Balaban J connectivity index is 1.81. The largest absolute Gasteiger partial charge is 0.496 e. The molecule has 1 saturated heterocycles. The molecule has 0 bridgehead atoms. The van der Waals surface area contributed by atoms with Crippen molar-refractivity contribution < 1.29 is 14.3 Å². The number of carbonyl (C=O) groups is 2. The van der Waals surface area contributed by atoms with E-state index in [1.807, 2.05) is 4.90 Å². The summed E-state index contributed by atoms with van der Waals surface area (Å²) in [6, 6.07) is 4.95. The van der Waals surface area contributed by atoms with Crippen molar-refractivity contribution in [3.8, 4) is 5.75 Å². The minimum atomic E-state index is -0.216. The molecule has 1 aromatic rings. The molecule has 0 saturated carbocycles. The molecule has 1 aliphatic heterocycles. The third-order valence-corrected chi connectivity index (χ3v) is 4.20. The van der Waals surface area contributed by atoms with Gasteiger partial charge in [-0.25, -0.2) is 0 Å². The Bertz CT molecular complexity index is 563. The lowest BCUT2D eigenvalue weighted by Crippen LogP contribution is -2.34. The van der Waals surface area contributed by atoms with E-state index in [0.29, 0.717) is 35.8 Å². The van der Waals surface area contributed by atoms with E-state index < -0.39 is 0 Å². The molecule has 6 heteroatoms. The summed E-state index contributed by atoms with van der Waals surface area (Å²) in [5.41, 5.74) is 0.422. The Morgan fingerprint density at radius 1 is 1.35 bits per heavy atom. The fourth-order valence-corrected chi connectivity index (χ4v) is 2.87. The quantitative estimate of drug-likeness (QED) is 0.811. The molecule has 1 aromatic carbocycles. The van der Waals surface area contributed by atoms with Crippen LogP contribution < -0.4 is 10.1 Å². The SMILES string of the molecule is COc1ccc(Cl)cc1C(=O)NCCCN1CCCCCC1=O. The molecule has 0 aromatic heterocycles. The third kappa shape index (κ3) is 5.13. The topological polar surface area (TPSA) is 58.6 Å². The minimum Gasteiger partial charge on any atom is -0.496 e. The van der Waals surface area contributed by atoms with Gasteiger partial charge in [0.1, 0.15) is 5.75 Å². The molecule has 1 fully saturated rings. The lowest BCUT2D eigenvalue weighted by Gasteiger charge is -2.20. The van der Waals surface area contributed by atoms with Crippen molar-refractivity contribution in [1.29, 1.82) is 0 Å². The highest BCUT2D eigenvalue weighted by Crippen LogP contribution is 2.22. The van der Waals surface area contributed by atoms with Gasteiger partial charge in [-0.3, -0.25) is 9.59 Å². The summed E-state index contributed by atoms with van der Waals surface area (Å²) in [4.78, 5) is 26.0. The standard InChI is InChI=1S/C17H23ClN2O3/c1-23-15-8-7-13(18)12-14(15)17(22)19-9-5-11-20-10-4-2-3-6-16(20)21/h7-8,12H,2-6,9-11H2,1H3,(H,19,22). The summed E-state index contributed by atoms with van der Waals surface area (Å²) >= 11 is 5.93. The summed E-state index contributed by atoms with van der Waals surface area (Å²) in [5, 5.41) is 3.35. The van der Waals surface area contributed by atoms with Gasteiger partial charge < -0.3 is 15.0 Å². The highest BCUT2D eigenvalue weighted by Gasteiger charge is 2.16. The molecule has 1 heterocycles. The number of methoxy groups -OCH3 is 1. The number of hydrogen-bond donors (Lipinski definition) is 1. The average molecular weight is 339 g/mol. The maximum atomic E-state index is 12.2. The van der Waals surface area contributed by atoms with Crippen LogP contribution in [-0.2, 0) is 4.79 Å². The Labute approximate surface area is 141 Å². The van der Waals surface area contributed by atoms with Gasteiger partial charge in [-0.05, 0) is 37.5 Å². The number of halogens is 1. The van der Waals surface area contributed by atoms with Crippen LogP contribution in [0.25, 0.3) is 0 Å². The fourth-order valence-electron chi connectivity index (χ4n) is 2.70. The van der Waals surface area contributed by atoms with E-state index in [-0.39, 0.29) is 11.8 Å². The maximum absolute atomic E-state index is 12.2. The monoisotopic (exact) mass is 338 g/mol. The summed E-state index contributed by atoms with van der Waals surface area (Å²) in [6.07, 6.45) is 4.55. The van der Waals surface area contributed by atoms with Gasteiger partial charge >= 0.3 is 0 Å². The molecule has 0 spiro atoms. The van der Waals surface area contributed by atoms with Crippen molar-refractivity contribution in [3.05, 3.63) is 28.8 Å². The number of hydrogen-bond acceptors (Lipinski definition) is 3. The van der Waals surface area contributed by atoms with Gasteiger partial charge in [-0.1, -0.05) is 18.0 Å². The van der Waals surface area contributed by atoms with Crippen LogP contribution in [0, 0.1) is 0 Å². The molecule has 1 aliphatic rings. The van der Waals surface area contributed by atoms with Gasteiger partial charge in [0, 0.05) is 31.1 Å². The van der Waals surface area contributed by atoms with Gasteiger partial charge in [-0.2, -0.15) is 0 Å². The second-order valence-electron chi connectivity index (χ2n) is 5.65. The van der Waals surface area contributed by atoms with Crippen LogP contribution in [0.15, 0.2) is 18.2 Å². The van der Waals surface area contributed by atoms with E-state index >= 15 is 0 Å². The van der Waals surface area contributed by atoms with Crippen LogP contribution >= 0.6 is 11.6 Å². The number of rotatable bonds is 6. The van der Waals surface area contributed by atoms with Crippen LogP contribution in [-0.4, -0.2) is 43.5 Å². The molecule has 0 radical (unpaired) electrons. The van der Waals surface area contributed by atoms with E-state index in [2.05, 4.69) is 5.32 Å². The average Bonchev–Trinajstić information content (AvgIpc) is 2.76. The Kier molecular flexibility index (Phi) is 6.71. The Morgan fingerprint density at radius 3 is 2.96 bits per heavy atom. The van der Waals surface area contributed by atoms with Crippen molar-refractivity contribution >= 4 is 23.4 Å². The molecule has 23 heavy (non-hydrogen) atoms. The summed E-state index contributed by atoms with van der Waals surface area (Å²) < 4.78 is 5.18. The first-order valence-electron chi connectivity index (χ1n) is 8.01. The number of ether oxygens (including phenoxy) is 1. The molecule has 126 valence electrons. The lowest BCUT2D eigenvalue weighted by atomic mass is 10.2. The second-order valence-corrected chi connectivity index (χ2v) is 6.08. The van der Waals surface area contributed by atoms with Gasteiger partial charge in [0.2, 0.25) is 5.91 Å². The molecule has 0 unspecified atom stereocenters. The zero-order valence-corrected chi connectivity index (χ0v) is 14.2. The first kappa shape index (κ1) is 17.6. The van der Waals surface area contributed by atoms with Crippen molar-refractivity contribution in [2.75, 3.05) is 26.7 Å². The third-order valence-electron chi connectivity index (χ3n) is 3.97. The first-order valence-corrected chi connectivity index (χ1v) is 8.39. The van der Waals surface area contributed by atoms with Crippen LogP contribution in [0.5, 0.6) is 5.75 Å². The summed E-state index contributed by atoms with van der Waals surface area (Å²) in [5.74, 6) is 0.506. The van der Waals surface area contributed by atoms with Gasteiger partial charge in [0.05, 0.1) is 12.7 Å². The number of nitrogens with one attached hydrogen (secondary N) is 1. The van der Waals surface area contributed by atoms with E-state index in [1.54, 1.807) is 18.2 Å². The van der Waals surface area contributed by atoms with E-state index in [4.69, 9.17) is 16.3 Å².